The molecule has 1 atom stereocenters. The van der Waals surface area contributed by atoms with Crippen molar-refractivity contribution < 1.29 is 9.53 Å². The molecule has 0 fully saturated rings. The predicted octanol–water partition coefficient (Wildman–Crippen LogP) is 1.57. The highest BCUT2D eigenvalue weighted by Gasteiger charge is 2.30. The molecule has 4 heteroatoms. The topological polar surface area (TPSA) is 55.6 Å². The third-order valence-electron chi connectivity index (χ3n) is 2.50. The molecule has 0 spiro atoms. The number of nitrogens with zero attached hydrogens (tertiary/aromatic N) is 1. The van der Waals surface area contributed by atoms with Crippen LogP contribution in [0.3, 0.4) is 0 Å². The van der Waals surface area contributed by atoms with Gasteiger partial charge < -0.3 is 15.4 Å². The molecule has 0 bridgehead atoms. The van der Waals surface area contributed by atoms with E-state index in [-0.39, 0.29) is 5.91 Å². The molecule has 84 valence electrons. The molecule has 1 aliphatic heterocycles. The van der Waals surface area contributed by atoms with Crippen LogP contribution in [0.5, 0.6) is 5.75 Å². The van der Waals surface area contributed by atoms with Crippen molar-refractivity contribution in [1.82, 2.24) is 0 Å². The second-order valence-electron chi connectivity index (χ2n) is 3.72. The highest BCUT2D eigenvalue weighted by atomic mass is 16.5. The van der Waals surface area contributed by atoms with E-state index in [2.05, 4.69) is 6.58 Å². The van der Waals surface area contributed by atoms with Crippen LogP contribution >= 0.6 is 0 Å². The van der Waals surface area contributed by atoms with Gasteiger partial charge in [0, 0.05) is 18.3 Å². The van der Waals surface area contributed by atoms with Crippen molar-refractivity contribution in [2.75, 3.05) is 17.2 Å². The maximum Gasteiger partial charge on any atom is 0.268 e. The minimum atomic E-state index is -0.478. The number of nitrogen functional groups attached to an aromatic ring is 1. The highest BCUT2D eigenvalue weighted by Crippen LogP contribution is 2.35. The molecule has 2 N–H and O–H groups in total. The van der Waals surface area contributed by atoms with Crippen LogP contribution in [0.2, 0.25) is 0 Å². The monoisotopic (exact) mass is 218 g/mol. The average Bonchev–Trinajstić information content (AvgIpc) is 2.24. The highest BCUT2D eigenvalue weighted by molar-refractivity contribution is 6.00. The van der Waals surface area contributed by atoms with Crippen molar-refractivity contribution in [1.29, 1.82) is 0 Å². The summed E-state index contributed by atoms with van der Waals surface area (Å²) in [5.74, 6) is 0.589. The molecule has 16 heavy (non-hydrogen) atoms. The number of ether oxygens (including phenoxy) is 1. The fraction of sp³-hybridized carbons (Fsp3) is 0.250. The second-order valence-corrected chi connectivity index (χ2v) is 3.72. The first kappa shape index (κ1) is 10.5. The van der Waals surface area contributed by atoms with Crippen LogP contribution in [0, 0.1) is 0 Å². The Hall–Kier alpha value is -1.97. The zero-order valence-corrected chi connectivity index (χ0v) is 9.14. The lowest BCUT2D eigenvalue weighted by Gasteiger charge is -2.32. The summed E-state index contributed by atoms with van der Waals surface area (Å²) in [6.07, 6.45) is 1.21. The number of hydrogen-bond donors (Lipinski definition) is 1. The fourth-order valence-corrected chi connectivity index (χ4v) is 1.74. The van der Waals surface area contributed by atoms with Gasteiger partial charge in [-0.05, 0) is 19.1 Å². The Labute approximate surface area is 94.3 Å². The van der Waals surface area contributed by atoms with Gasteiger partial charge in [0.25, 0.3) is 5.91 Å². The lowest BCUT2D eigenvalue weighted by Crippen LogP contribution is -2.44. The molecule has 1 unspecified atom stereocenters. The Balaban J connectivity index is 2.47. The molecule has 1 amide bonds. The Kier molecular flexibility index (Phi) is 2.56. The summed E-state index contributed by atoms with van der Waals surface area (Å²) in [4.78, 5) is 13.5. The Morgan fingerprint density at radius 1 is 1.62 bits per heavy atom. The van der Waals surface area contributed by atoms with Crippen LogP contribution in [-0.2, 0) is 4.79 Å². The van der Waals surface area contributed by atoms with E-state index in [0.29, 0.717) is 18.0 Å². The molecule has 0 aliphatic carbocycles. The van der Waals surface area contributed by atoms with Gasteiger partial charge in [-0.1, -0.05) is 6.08 Å². The summed E-state index contributed by atoms with van der Waals surface area (Å²) in [6, 6.07) is 5.27. The van der Waals surface area contributed by atoms with Crippen molar-refractivity contribution >= 4 is 17.3 Å². The van der Waals surface area contributed by atoms with Crippen molar-refractivity contribution in [3.63, 3.8) is 0 Å². The maximum atomic E-state index is 11.9. The summed E-state index contributed by atoms with van der Waals surface area (Å²) in [5.41, 5.74) is 7.05. The van der Waals surface area contributed by atoms with Crippen molar-refractivity contribution in [2.24, 2.45) is 0 Å². The number of carbonyl (C=O) groups excluding carboxylic acids is 1. The number of anilines is 2. The molecule has 4 nitrogen and oxygen atoms in total. The summed E-state index contributed by atoms with van der Waals surface area (Å²) in [6.45, 7) is 5.85. The quantitative estimate of drug-likeness (QED) is 0.605. The largest absolute Gasteiger partial charge is 0.479 e. The van der Waals surface area contributed by atoms with Crippen LogP contribution in [-0.4, -0.2) is 18.6 Å². The van der Waals surface area contributed by atoms with E-state index in [9.17, 15) is 4.79 Å². The van der Waals surface area contributed by atoms with Crippen LogP contribution in [0.15, 0.2) is 30.9 Å². The van der Waals surface area contributed by atoms with Crippen LogP contribution in [0.25, 0.3) is 0 Å². The van der Waals surface area contributed by atoms with E-state index >= 15 is 0 Å². The van der Waals surface area contributed by atoms with Gasteiger partial charge in [-0.15, -0.1) is 6.58 Å². The molecule has 0 saturated carbocycles. The van der Waals surface area contributed by atoms with Gasteiger partial charge in [-0.3, -0.25) is 4.79 Å². The lowest BCUT2D eigenvalue weighted by atomic mass is 10.1. The summed E-state index contributed by atoms with van der Waals surface area (Å²) in [7, 11) is 0. The zero-order valence-electron chi connectivity index (χ0n) is 9.14. The van der Waals surface area contributed by atoms with Crippen LogP contribution < -0.4 is 15.4 Å². The molecule has 0 aromatic heterocycles. The third-order valence-corrected chi connectivity index (χ3v) is 2.50. The van der Waals surface area contributed by atoms with Gasteiger partial charge in [0.05, 0.1) is 5.69 Å². The van der Waals surface area contributed by atoms with Crippen molar-refractivity contribution in [3.8, 4) is 5.75 Å². The average molecular weight is 218 g/mol. The Bertz CT molecular complexity index is 443. The molecule has 0 radical (unpaired) electrons. The molecule has 2 rings (SSSR count). The van der Waals surface area contributed by atoms with Crippen LogP contribution in [0.1, 0.15) is 6.92 Å². The number of rotatable bonds is 2. The van der Waals surface area contributed by atoms with Crippen molar-refractivity contribution in [3.05, 3.63) is 30.9 Å². The first-order valence-corrected chi connectivity index (χ1v) is 5.12. The summed E-state index contributed by atoms with van der Waals surface area (Å²) >= 11 is 0. The van der Waals surface area contributed by atoms with E-state index in [1.807, 2.05) is 0 Å². The molecule has 1 aromatic rings. The van der Waals surface area contributed by atoms with E-state index in [0.717, 1.165) is 5.69 Å². The predicted molar refractivity (Wildman–Crippen MR) is 63.5 cm³/mol. The number of amides is 1. The van der Waals surface area contributed by atoms with Crippen molar-refractivity contribution in [2.45, 2.75) is 13.0 Å². The fourth-order valence-electron chi connectivity index (χ4n) is 1.74. The lowest BCUT2D eigenvalue weighted by molar-refractivity contribution is -0.125. The summed E-state index contributed by atoms with van der Waals surface area (Å²) < 4.78 is 5.50. The molecule has 1 aliphatic rings. The molecular weight excluding hydrogens is 204 g/mol. The zero-order chi connectivity index (χ0) is 11.7. The van der Waals surface area contributed by atoms with Gasteiger partial charge in [0.15, 0.2) is 6.10 Å². The van der Waals surface area contributed by atoms with Gasteiger partial charge in [-0.25, -0.2) is 0 Å². The van der Waals surface area contributed by atoms with Crippen LogP contribution in [0.4, 0.5) is 11.4 Å². The number of nitrogens with two attached hydrogens (primary N) is 1. The molecule has 1 heterocycles. The number of fused-ring (bicyclic) bond motifs is 1. The number of hydrogen-bond acceptors (Lipinski definition) is 3. The number of carbonyl (C=O) groups is 1. The number of benzene rings is 1. The van der Waals surface area contributed by atoms with E-state index in [1.165, 1.54) is 0 Å². The Morgan fingerprint density at radius 3 is 3.06 bits per heavy atom. The second kappa shape index (κ2) is 3.89. The Morgan fingerprint density at radius 2 is 2.38 bits per heavy atom. The summed E-state index contributed by atoms with van der Waals surface area (Å²) in [5, 5.41) is 0. The molecule has 0 saturated heterocycles. The van der Waals surface area contributed by atoms with Gasteiger partial charge in [0.1, 0.15) is 5.75 Å². The maximum absolute atomic E-state index is 11.9. The normalized spacial score (nSPS) is 18.9. The smallest absolute Gasteiger partial charge is 0.268 e. The SMILES string of the molecule is C=CCN1C(=O)C(C)Oc2cc(N)ccc21. The van der Waals surface area contributed by atoms with Gasteiger partial charge in [-0.2, -0.15) is 0 Å². The third kappa shape index (κ3) is 1.62. The van der Waals surface area contributed by atoms with E-state index in [4.69, 9.17) is 10.5 Å². The minimum Gasteiger partial charge on any atom is -0.479 e. The first-order chi connectivity index (χ1) is 7.63. The molecular formula is C12H14N2O2. The van der Waals surface area contributed by atoms with E-state index < -0.39 is 6.10 Å². The standard InChI is InChI=1S/C12H14N2O2/c1-3-6-14-10-5-4-9(13)7-11(10)16-8(2)12(14)15/h3-5,7-8H,1,6,13H2,2H3. The molecule has 1 aromatic carbocycles. The van der Waals surface area contributed by atoms with Gasteiger partial charge >= 0.3 is 0 Å². The first-order valence-electron chi connectivity index (χ1n) is 5.12. The van der Waals surface area contributed by atoms with Gasteiger partial charge in [0.2, 0.25) is 0 Å². The minimum absolute atomic E-state index is 0.0582. The van der Waals surface area contributed by atoms with E-state index in [1.54, 1.807) is 36.1 Å².